The van der Waals surface area contributed by atoms with E-state index in [1.165, 1.54) is 0 Å². The Bertz CT molecular complexity index is 66.6. The monoisotopic (exact) mass is 234 g/mol. The van der Waals surface area contributed by atoms with E-state index in [9.17, 15) is 2.89 Å². The fraction of sp³-hybridized carbons (Fsp3) is 0. The molecule has 0 saturated heterocycles. The number of hydrogen-bond acceptors (Lipinski definition) is 5. The molecule has 0 amide bonds. The summed E-state index contributed by atoms with van der Waals surface area (Å²) < 4.78 is 47.0. The molecule has 7 heteroatoms. The molecule has 0 aromatic carbocycles. The second-order valence-electron chi connectivity index (χ2n) is 1.16. The fourth-order valence-electron chi connectivity index (χ4n) is 0. The molecular weight excluding hydrogens is 227 g/mol. The zero-order chi connectivity index (χ0) is 6.41. The Labute approximate surface area is 38.9 Å². The van der Waals surface area contributed by atoms with E-state index in [0.29, 0.717) is 0 Å². The van der Waals surface area contributed by atoms with Crippen LogP contribution in [-0.4, -0.2) is 35.4 Å². The van der Waals surface area contributed by atoms with E-state index in [1.54, 1.807) is 0 Å². The van der Waals surface area contributed by atoms with Crippen LogP contribution in [0, 0.1) is 0 Å². The van der Waals surface area contributed by atoms with Crippen molar-refractivity contribution in [3.63, 3.8) is 0 Å². The first kappa shape index (κ1) is 7.52. The first-order valence-corrected chi connectivity index (χ1v) is 7.16. The first-order valence-electron chi connectivity index (χ1n) is 1.07. The van der Waals surface area contributed by atoms with Crippen molar-refractivity contribution in [1.29, 1.82) is 0 Å². The maximum atomic E-state index is 11.0. The van der Waals surface area contributed by atoms with Gasteiger partial charge in [0.1, 0.15) is 0 Å². The summed E-state index contributed by atoms with van der Waals surface area (Å²) in [4.78, 5) is 0. The number of halogens is 1. The summed E-state index contributed by atoms with van der Waals surface area (Å²) in [5.41, 5.74) is 0. The predicted molar refractivity (Wildman–Crippen MR) is 18.0 cm³/mol. The van der Waals surface area contributed by atoms with Crippen LogP contribution in [-0.2, 0) is 0 Å². The summed E-state index contributed by atoms with van der Waals surface area (Å²) in [7, 11) is 0. The molecule has 0 aromatic heterocycles. The Balaban J connectivity index is 4.43. The normalized spacial score (nSPS) is 23.1. The third-order valence-electron chi connectivity index (χ3n) is 0. The van der Waals surface area contributed by atoms with Crippen molar-refractivity contribution >= 4 is 18.1 Å². The van der Waals surface area contributed by atoms with Gasteiger partial charge in [0.05, 0.1) is 0 Å². The van der Waals surface area contributed by atoms with Crippen molar-refractivity contribution in [3.8, 4) is 0 Å². The molecule has 0 radical (unpaired) electrons. The molecule has 0 aromatic rings. The van der Waals surface area contributed by atoms with Gasteiger partial charge in [0.2, 0.25) is 0 Å². The molecule has 0 bridgehead atoms. The number of rotatable bonds is 0. The fourth-order valence-corrected chi connectivity index (χ4v) is 0. The SMILES string of the molecule is O[Te](O)(O)(O)(O)F. The van der Waals surface area contributed by atoms with Crippen molar-refractivity contribution < 1.29 is 20.2 Å². The van der Waals surface area contributed by atoms with Crippen LogP contribution < -0.4 is 0 Å². The molecule has 5 N–H and O–H groups in total. The van der Waals surface area contributed by atoms with Gasteiger partial charge in [0.25, 0.3) is 0 Å². The number of hydrogen-bond donors (Lipinski definition) is 5. The van der Waals surface area contributed by atoms with Gasteiger partial charge < -0.3 is 0 Å². The molecular formula is H5FO5Te. The maximum absolute atomic E-state index is 11.0. The summed E-state index contributed by atoms with van der Waals surface area (Å²) in [6.45, 7) is 0. The molecule has 0 aliphatic carbocycles. The third kappa shape index (κ3) is 493. The summed E-state index contributed by atoms with van der Waals surface area (Å²) >= 11 is -8.68. The minimum absolute atomic E-state index is 7.20. The van der Waals surface area contributed by atoms with Crippen LogP contribution >= 0.6 is 0 Å². The molecule has 0 heterocycles. The van der Waals surface area contributed by atoms with Crippen molar-refractivity contribution in [1.82, 2.24) is 0 Å². The Hall–Kier alpha value is 0.520. The van der Waals surface area contributed by atoms with Crippen LogP contribution in [0.15, 0.2) is 0 Å². The minimum atomic E-state index is -8.68. The zero-order valence-electron chi connectivity index (χ0n) is 3.02. The van der Waals surface area contributed by atoms with E-state index in [2.05, 4.69) is 0 Å². The van der Waals surface area contributed by atoms with E-state index >= 15 is 0 Å². The molecule has 0 rings (SSSR count). The topological polar surface area (TPSA) is 101 Å². The van der Waals surface area contributed by atoms with E-state index in [4.69, 9.17) is 17.4 Å². The van der Waals surface area contributed by atoms with Crippen LogP contribution in [0.25, 0.3) is 0 Å². The second kappa shape index (κ2) is 0.825. The van der Waals surface area contributed by atoms with Gasteiger partial charge in [-0.05, 0) is 0 Å². The van der Waals surface area contributed by atoms with Crippen LogP contribution in [0.5, 0.6) is 0 Å². The Kier molecular flexibility index (Phi) is 0.886. The molecule has 0 atom stereocenters. The molecule has 0 unspecified atom stereocenters. The van der Waals surface area contributed by atoms with Crippen LogP contribution in [0.3, 0.4) is 0 Å². The van der Waals surface area contributed by atoms with Gasteiger partial charge in [0, 0.05) is 0 Å². The van der Waals surface area contributed by atoms with Gasteiger partial charge in [-0.3, -0.25) is 0 Å². The van der Waals surface area contributed by atoms with E-state index in [-0.39, 0.29) is 0 Å². The molecule has 0 saturated carbocycles. The zero-order valence-corrected chi connectivity index (χ0v) is 5.35. The van der Waals surface area contributed by atoms with E-state index < -0.39 is 18.1 Å². The predicted octanol–water partition coefficient (Wildman–Crippen LogP) is -2.75. The van der Waals surface area contributed by atoms with E-state index in [0.717, 1.165) is 0 Å². The molecule has 48 valence electrons. The Morgan fingerprint density at radius 1 is 0.857 bits per heavy atom. The van der Waals surface area contributed by atoms with Gasteiger partial charge in [-0.15, -0.1) is 0 Å². The van der Waals surface area contributed by atoms with Gasteiger partial charge in [-0.1, -0.05) is 0 Å². The van der Waals surface area contributed by atoms with Gasteiger partial charge in [-0.2, -0.15) is 0 Å². The average Bonchev–Trinajstić information content (AvgIpc) is 0.592. The van der Waals surface area contributed by atoms with Crippen molar-refractivity contribution in [2.75, 3.05) is 0 Å². The summed E-state index contributed by atoms with van der Waals surface area (Å²) in [5, 5.41) is 0. The first-order chi connectivity index (χ1) is 2.45. The summed E-state index contributed by atoms with van der Waals surface area (Å²) in [5.74, 6) is 0. The molecule has 5 nitrogen and oxygen atoms in total. The molecule has 0 aliphatic heterocycles. The third-order valence-corrected chi connectivity index (χ3v) is 0. The van der Waals surface area contributed by atoms with Crippen molar-refractivity contribution in [2.45, 2.75) is 0 Å². The average molecular weight is 232 g/mol. The van der Waals surface area contributed by atoms with Crippen molar-refractivity contribution in [3.05, 3.63) is 0 Å². The van der Waals surface area contributed by atoms with Crippen LogP contribution in [0.1, 0.15) is 0 Å². The quantitative estimate of drug-likeness (QED) is 0.291. The van der Waals surface area contributed by atoms with Crippen LogP contribution in [0.2, 0.25) is 0 Å². The van der Waals surface area contributed by atoms with Crippen LogP contribution in [0.4, 0.5) is 2.89 Å². The van der Waals surface area contributed by atoms with Gasteiger partial charge in [-0.25, -0.2) is 0 Å². The van der Waals surface area contributed by atoms with Gasteiger partial charge >= 0.3 is 38.3 Å². The molecule has 0 aliphatic rings. The Morgan fingerprint density at radius 2 is 0.857 bits per heavy atom. The standard InChI is InChI=1S/FH5O5Te/c1-7(2,3,4,5)6/h2-6H. The van der Waals surface area contributed by atoms with Gasteiger partial charge in [0.15, 0.2) is 0 Å². The molecule has 7 heavy (non-hydrogen) atoms. The second-order valence-corrected chi connectivity index (χ2v) is 7.79. The van der Waals surface area contributed by atoms with E-state index in [1.807, 2.05) is 0 Å². The summed E-state index contributed by atoms with van der Waals surface area (Å²) in [6, 6.07) is 0. The Morgan fingerprint density at radius 3 is 0.857 bits per heavy atom. The molecule has 0 spiro atoms. The van der Waals surface area contributed by atoms with Crippen molar-refractivity contribution in [2.24, 2.45) is 0 Å². The molecule has 0 fully saturated rings. The summed E-state index contributed by atoms with van der Waals surface area (Å²) in [6.07, 6.45) is 0.